The average Bonchev–Trinajstić information content (AvgIpc) is 2.39. The van der Waals surface area contributed by atoms with Gasteiger partial charge in [0, 0.05) is 24.7 Å². The molecule has 0 spiro atoms. The number of aromatic nitrogens is 2. The predicted octanol–water partition coefficient (Wildman–Crippen LogP) is 4.16. The fraction of sp³-hybridized carbons (Fsp3) is 0.333. The highest BCUT2D eigenvalue weighted by atomic mass is 35.5. The number of anilines is 2. The Balaban J connectivity index is 2.44. The molecule has 0 saturated carbocycles. The Morgan fingerprint density at radius 2 is 1.95 bits per heavy atom. The number of hydrogen-bond donors (Lipinski definition) is 0. The minimum Gasteiger partial charge on any atom is -0.327 e. The molecule has 1 aromatic carbocycles. The van der Waals surface area contributed by atoms with E-state index in [-0.39, 0.29) is 0 Å². The number of halogens is 1. The van der Waals surface area contributed by atoms with Crippen molar-refractivity contribution in [3.05, 3.63) is 46.9 Å². The normalized spacial score (nSPS) is 10.5. The van der Waals surface area contributed by atoms with Crippen LogP contribution in [0.5, 0.6) is 0 Å². The molecule has 19 heavy (non-hydrogen) atoms. The van der Waals surface area contributed by atoms with Crippen LogP contribution in [0.15, 0.2) is 30.3 Å². The van der Waals surface area contributed by atoms with Gasteiger partial charge >= 0.3 is 0 Å². The summed E-state index contributed by atoms with van der Waals surface area (Å²) < 4.78 is 0. The van der Waals surface area contributed by atoms with E-state index < -0.39 is 0 Å². The lowest BCUT2D eigenvalue weighted by Gasteiger charge is -2.23. The zero-order valence-corrected chi connectivity index (χ0v) is 12.3. The van der Waals surface area contributed by atoms with Crippen LogP contribution in [0.3, 0.4) is 0 Å². The molecule has 0 radical (unpaired) electrons. The van der Waals surface area contributed by atoms with Gasteiger partial charge in [0.25, 0.3) is 0 Å². The monoisotopic (exact) mass is 275 g/mol. The van der Waals surface area contributed by atoms with Crippen LogP contribution in [0.2, 0.25) is 5.15 Å². The van der Waals surface area contributed by atoms with Crippen molar-refractivity contribution in [1.82, 2.24) is 9.97 Å². The van der Waals surface area contributed by atoms with E-state index in [1.165, 1.54) is 5.56 Å². The molecule has 0 bridgehead atoms. The second-order valence-electron chi connectivity index (χ2n) is 4.40. The second-order valence-corrected chi connectivity index (χ2v) is 4.79. The number of benzene rings is 1. The van der Waals surface area contributed by atoms with Crippen LogP contribution in [0.25, 0.3) is 0 Å². The molecule has 0 fully saturated rings. The summed E-state index contributed by atoms with van der Waals surface area (Å²) in [5.74, 6) is 1.62. The minimum atomic E-state index is 0.493. The maximum absolute atomic E-state index is 6.07. The molecule has 0 atom stereocenters. The van der Waals surface area contributed by atoms with Crippen molar-refractivity contribution in [2.75, 3.05) is 11.4 Å². The molecule has 0 unspecified atom stereocenters. The zero-order chi connectivity index (χ0) is 13.8. The third-order valence-corrected chi connectivity index (χ3v) is 3.14. The first kappa shape index (κ1) is 13.8. The number of hydrogen-bond acceptors (Lipinski definition) is 3. The van der Waals surface area contributed by atoms with Gasteiger partial charge in [0.15, 0.2) is 0 Å². The van der Waals surface area contributed by atoms with Gasteiger partial charge in [0.1, 0.15) is 16.8 Å². The van der Waals surface area contributed by atoms with Crippen molar-refractivity contribution < 1.29 is 0 Å². The third kappa shape index (κ3) is 3.24. The Morgan fingerprint density at radius 3 is 2.58 bits per heavy atom. The molecule has 0 aliphatic carbocycles. The highest BCUT2D eigenvalue weighted by Crippen LogP contribution is 2.25. The molecular formula is C15H18ClN3. The van der Waals surface area contributed by atoms with Crippen molar-refractivity contribution in [2.24, 2.45) is 0 Å². The Bertz CT molecular complexity index is 569. The lowest BCUT2D eigenvalue weighted by Crippen LogP contribution is -2.18. The van der Waals surface area contributed by atoms with Gasteiger partial charge in [-0.3, -0.25) is 0 Å². The third-order valence-electron chi connectivity index (χ3n) is 2.95. The van der Waals surface area contributed by atoms with Gasteiger partial charge in [-0.25, -0.2) is 9.97 Å². The lowest BCUT2D eigenvalue weighted by atomic mass is 10.2. The number of aryl methyl sites for hydroxylation is 2. The summed E-state index contributed by atoms with van der Waals surface area (Å²) >= 11 is 6.07. The van der Waals surface area contributed by atoms with E-state index in [2.05, 4.69) is 53.0 Å². The highest BCUT2D eigenvalue weighted by molar-refractivity contribution is 6.29. The van der Waals surface area contributed by atoms with Crippen molar-refractivity contribution in [3.63, 3.8) is 0 Å². The van der Waals surface area contributed by atoms with Gasteiger partial charge in [-0.15, -0.1) is 0 Å². The zero-order valence-electron chi connectivity index (χ0n) is 11.5. The Labute approximate surface area is 119 Å². The maximum atomic E-state index is 6.07. The first-order valence-electron chi connectivity index (χ1n) is 6.51. The maximum Gasteiger partial charge on any atom is 0.138 e. The molecule has 0 aliphatic heterocycles. The van der Waals surface area contributed by atoms with Crippen LogP contribution < -0.4 is 4.90 Å². The number of rotatable bonds is 4. The summed E-state index contributed by atoms with van der Waals surface area (Å²) in [5.41, 5.74) is 2.35. The van der Waals surface area contributed by atoms with E-state index in [0.29, 0.717) is 5.15 Å². The van der Waals surface area contributed by atoms with Crippen LogP contribution in [0.1, 0.15) is 25.2 Å². The fourth-order valence-corrected chi connectivity index (χ4v) is 2.22. The molecule has 1 heterocycles. The molecule has 4 heteroatoms. The molecule has 3 nitrogen and oxygen atoms in total. The molecule has 1 aromatic heterocycles. The van der Waals surface area contributed by atoms with Gasteiger partial charge in [-0.1, -0.05) is 30.7 Å². The topological polar surface area (TPSA) is 29.0 Å². The van der Waals surface area contributed by atoms with Crippen LogP contribution in [0, 0.1) is 6.92 Å². The van der Waals surface area contributed by atoms with Crippen molar-refractivity contribution in [1.29, 1.82) is 0 Å². The summed E-state index contributed by atoms with van der Waals surface area (Å²) in [6.45, 7) is 7.05. The summed E-state index contributed by atoms with van der Waals surface area (Å²) in [6, 6.07) is 10.2. The van der Waals surface area contributed by atoms with E-state index in [9.17, 15) is 0 Å². The van der Waals surface area contributed by atoms with E-state index in [1.807, 2.05) is 13.0 Å². The van der Waals surface area contributed by atoms with E-state index in [1.54, 1.807) is 0 Å². The molecule has 100 valence electrons. The highest BCUT2D eigenvalue weighted by Gasteiger charge is 2.11. The Hall–Kier alpha value is -1.61. The van der Waals surface area contributed by atoms with Gasteiger partial charge < -0.3 is 4.90 Å². The molecule has 0 N–H and O–H groups in total. The van der Waals surface area contributed by atoms with Crippen LogP contribution in [-0.2, 0) is 6.42 Å². The number of nitrogens with zero attached hydrogens (tertiary/aromatic N) is 3. The van der Waals surface area contributed by atoms with E-state index >= 15 is 0 Å². The van der Waals surface area contributed by atoms with Gasteiger partial charge in [0.2, 0.25) is 0 Å². The molecule has 0 saturated heterocycles. The first-order chi connectivity index (χ1) is 9.13. The first-order valence-corrected chi connectivity index (χ1v) is 6.89. The summed E-state index contributed by atoms with van der Waals surface area (Å²) in [5, 5.41) is 0.493. The fourth-order valence-electron chi connectivity index (χ4n) is 2.02. The summed E-state index contributed by atoms with van der Waals surface area (Å²) in [7, 11) is 0. The van der Waals surface area contributed by atoms with Gasteiger partial charge in [-0.2, -0.15) is 0 Å². The molecule has 2 rings (SSSR count). The van der Waals surface area contributed by atoms with Crippen LogP contribution in [0.4, 0.5) is 11.5 Å². The summed E-state index contributed by atoms with van der Waals surface area (Å²) in [6.07, 6.45) is 0.777. The molecular weight excluding hydrogens is 258 g/mol. The molecule has 2 aromatic rings. The van der Waals surface area contributed by atoms with Crippen LogP contribution in [-0.4, -0.2) is 16.5 Å². The predicted molar refractivity (Wildman–Crippen MR) is 80.3 cm³/mol. The van der Waals surface area contributed by atoms with Crippen molar-refractivity contribution in [3.8, 4) is 0 Å². The summed E-state index contributed by atoms with van der Waals surface area (Å²) in [4.78, 5) is 10.9. The lowest BCUT2D eigenvalue weighted by molar-refractivity contribution is 0.903. The van der Waals surface area contributed by atoms with E-state index in [4.69, 9.17) is 11.6 Å². The molecule has 0 amide bonds. The van der Waals surface area contributed by atoms with Crippen molar-refractivity contribution in [2.45, 2.75) is 27.2 Å². The van der Waals surface area contributed by atoms with Gasteiger partial charge in [0.05, 0.1) is 0 Å². The average molecular weight is 276 g/mol. The SMILES string of the molecule is CCc1nc(Cl)cc(N(CC)c2cccc(C)c2)n1. The standard InChI is InChI=1S/C15H18ClN3/c1-4-14-17-13(16)10-15(18-14)19(5-2)12-8-6-7-11(3)9-12/h6-10H,4-5H2,1-3H3. The largest absolute Gasteiger partial charge is 0.327 e. The Kier molecular flexibility index (Phi) is 4.38. The van der Waals surface area contributed by atoms with E-state index in [0.717, 1.165) is 30.3 Å². The second kappa shape index (κ2) is 6.02. The van der Waals surface area contributed by atoms with Crippen molar-refractivity contribution >= 4 is 23.1 Å². The smallest absolute Gasteiger partial charge is 0.138 e. The quantitative estimate of drug-likeness (QED) is 0.785. The Morgan fingerprint density at radius 1 is 1.16 bits per heavy atom. The minimum absolute atomic E-state index is 0.493. The van der Waals surface area contributed by atoms with Gasteiger partial charge in [-0.05, 0) is 31.5 Å². The van der Waals surface area contributed by atoms with Crippen LogP contribution >= 0.6 is 11.6 Å². The molecule has 0 aliphatic rings.